The van der Waals surface area contributed by atoms with Gasteiger partial charge in [0.25, 0.3) is 0 Å². The first kappa shape index (κ1) is 16.2. The lowest BCUT2D eigenvalue weighted by Crippen LogP contribution is -2.52. The van der Waals surface area contributed by atoms with Crippen LogP contribution < -0.4 is 5.32 Å². The molecule has 0 radical (unpaired) electrons. The number of aliphatic hydroxyl groups excluding tert-OH is 1. The van der Waals surface area contributed by atoms with Crippen LogP contribution in [0.1, 0.15) is 40.0 Å². The third-order valence-corrected chi connectivity index (χ3v) is 3.69. The maximum Gasteiger partial charge on any atom is 0.317 e. The number of carbonyl (C=O) groups excluding carboxylic acids is 1. The molecule has 1 atom stereocenters. The van der Waals surface area contributed by atoms with E-state index in [2.05, 4.69) is 12.2 Å². The van der Waals surface area contributed by atoms with E-state index in [9.17, 15) is 4.79 Å². The number of amides is 2. The molecule has 0 bridgehead atoms. The number of morpholine rings is 1. The average Bonchev–Trinajstić information content (AvgIpc) is 2.43. The molecule has 1 aliphatic rings. The Balaban J connectivity index is 2.26. The minimum atomic E-state index is -0.0599. The van der Waals surface area contributed by atoms with Crippen LogP contribution in [0.15, 0.2) is 0 Å². The van der Waals surface area contributed by atoms with E-state index in [0.29, 0.717) is 26.3 Å². The second kappa shape index (κ2) is 7.70. The lowest BCUT2D eigenvalue weighted by Gasteiger charge is -2.35. The molecule has 5 nitrogen and oxygen atoms in total. The highest BCUT2D eigenvalue weighted by Crippen LogP contribution is 2.20. The molecule has 0 unspecified atom stereocenters. The lowest BCUT2D eigenvalue weighted by molar-refractivity contribution is 0.0113. The normalized spacial score (nSPS) is 20.4. The molecule has 2 amide bonds. The number of hydrogen-bond acceptors (Lipinski definition) is 3. The van der Waals surface area contributed by atoms with Crippen molar-refractivity contribution in [1.82, 2.24) is 10.2 Å². The maximum absolute atomic E-state index is 12.1. The van der Waals surface area contributed by atoms with Crippen molar-refractivity contribution in [2.75, 3.05) is 32.9 Å². The summed E-state index contributed by atoms with van der Waals surface area (Å²) < 4.78 is 5.39. The zero-order chi connectivity index (χ0) is 14.3. The fourth-order valence-corrected chi connectivity index (χ4v) is 2.20. The van der Waals surface area contributed by atoms with E-state index in [1.54, 1.807) is 0 Å². The second-order valence-corrected chi connectivity index (χ2v) is 5.99. The Morgan fingerprint density at radius 1 is 1.53 bits per heavy atom. The van der Waals surface area contributed by atoms with E-state index in [1.807, 2.05) is 18.7 Å². The highest BCUT2D eigenvalue weighted by Gasteiger charge is 2.25. The summed E-state index contributed by atoms with van der Waals surface area (Å²) in [6, 6.07) is 0.208. The summed E-state index contributed by atoms with van der Waals surface area (Å²) in [6.07, 6.45) is 2.72. The predicted molar refractivity (Wildman–Crippen MR) is 75.1 cm³/mol. The molecule has 1 aliphatic heterocycles. The first-order valence-electron chi connectivity index (χ1n) is 7.23. The van der Waals surface area contributed by atoms with Crippen LogP contribution in [0.25, 0.3) is 0 Å². The fourth-order valence-electron chi connectivity index (χ4n) is 2.20. The Kier molecular flexibility index (Phi) is 6.58. The van der Waals surface area contributed by atoms with E-state index in [0.717, 1.165) is 19.3 Å². The molecule has 1 saturated heterocycles. The van der Waals surface area contributed by atoms with Crippen LogP contribution in [-0.2, 0) is 4.74 Å². The van der Waals surface area contributed by atoms with Gasteiger partial charge in [-0.1, -0.05) is 20.8 Å². The van der Waals surface area contributed by atoms with Crippen LogP contribution in [0.3, 0.4) is 0 Å². The van der Waals surface area contributed by atoms with E-state index < -0.39 is 0 Å². The van der Waals surface area contributed by atoms with E-state index in [1.165, 1.54) is 0 Å². The Hall–Kier alpha value is -0.810. The monoisotopic (exact) mass is 272 g/mol. The van der Waals surface area contributed by atoms with Crippen molar-refractivity contribution >= 4 is 6.03 Å². The SMILES string of the molecule is CC[C@@H]1COCCN1C(=O)NCCCC(C)(C)CO. The first-order chi connectivity index (χ1) is 9.00. The molecule has 1 rings (SSSR count). The molecule has 5 heteroatoms. The highest BCUT2D eigenvalue weighted by molar-refractivity contribution is 5.74. The molecular formula is C14H28N2O3. The van der Waals surface area contributed by atoms with Gasteiger partial charge in [-0.15, -0.1) is 0 Å². The van der Waals surface area contributed by atoms with Gasteiger partial charge in [0.1, 0.15) is 0 Å². The molecule has 0 spiro atoms. The maximum atomic E-state index is 12.1. The number of nitrogens with one attached hydrogen (secondary N) is 1. The first-order valence-corrected chi connectivity index (χ1v) is 7.23. The molecule has 0 aliphatic carbocycles. The van der Waals surface area contributed by atoms with Gasteiger partial charge < -0.3 is 20.1 Å². The molecule has 0 aromatic rings. The molecule has 1 fully saturated rings. The number of rotatable bonds is 6. The predicted octanol–water partition coefficient (Wildman–Crippen LogP) is 1.61. The molecular weight excluding hydrogens is 244 g/mol. The molecule has 19 heavy (non-hydrogen) atoms. The molecule has 2 N–H and O–H groups in total. The molecule has 112 valence electrons. The van der Waals surface area contributed by atoms with Crippen molar-refractivity contribution in [3.63, 3.8) is 0 Å². The molecule has 0 aromatic heterocycles. The minimum Gasteiger partial charge on any atom is -0.396 e. The largest absolute Gasteiger partial charge is 0.396 e. The van der Waals surface area contributed by atoms with Crippen LogP contribution in [0, 0.1) is 5.41 Å². The van der Waals surface area contributed by atoms with Gasteiger partial charge in [0.2, 0.25) is 0 Å². The van der Waals surface area contributed by atoms with Crippen molar-refractivity contribution in [2.24, 2.45) is 5.41 Å². The van der Waals surface area contributed by atoms with Gasteiger partial charge >= 0.3 is 6.03 Å². The van der Waals surface area contributed by atoms with E-state index in [-0.39, 0.29) is 24.1 Å². The summed E-state index contributed by atoms with van der Waals surface area (Å²) in [7, 11) is 0. The summed E-state index contributed by atoms with van der Waals surface area (Å²) in [5.41, 5.74) is -0.0599. The zero-order valence-electron chi connectivity index (χ0n) is 12.4. The van der Waals surface area contributed by atoms with Gasteiger partial charge in [-0.2, -0.15) is 0 Å². The van der Waals surface area contributed by atoms with Crippen LogP contribution in [0.5, 0.6) is 0 Å². The van der Waals surface area contributed by atoms with Crippen LogP contribution in [-0.4, -0.2) is 55.0 Å². The summed E-state index contributed by atoms with van der Waals surface area (Å²) in [5.74, 6) is 0. The van der Waals surface area contributed by atoms with Gasteiger partial charge in [0, 0.05) is 19.7 Å². The van der Waals surface area contributed by atoms with Crippen LogP contribution >= 0.6 is 0 Å². The van der Waals surface area contributed by atoms with Gasteiger partial charge in [0.15, 0.2) is 0 Å². The summed E-state index contributed by atoms with van der Waals surface area (Å²) in [5, 5.41) is 12.1. The smallest absolute Gasteiger partial charge is 0.317 e. The quantitative estimate of drug-likeness (QED) is 0.722. The fraction of sp³-hybridized carbons (Fsp3) is 0.929. The van der Waals surface area contributed by atoms with Crippen LogP contribution in [0.4, 0.5) is 4.79 Å². The third kappa shape index (κ3) is 5.37. The number of aliphatic hydroxyl groups is 1. The highest BCUT2D eigenvalue weighted by atomic mass is 16.5. The summed E-state index contributed by atoms with van der Waals surface area (Å²) in [4.78, 5) is 13.9. The minimum absolute atomic E-state index is 0.0111. The van der Waals surface area contributed by atoms with E-state index in [4.69, 9.17) is 9.84 Å². The third-order valence-electron chi connectivity index (χ3n) is 3.69. The number of urea groups is 1. The number of nitrogens with zero attached hydrogens (tertiary/aromatic N) is 1. The Morgan fingerprint density at radius 3 is 2.89 bits per heavy atom. The number of carbonyl (C=O) groups is 1. The van der Waals surface area contributed by atoms with E-state index >= 15 is 0 Å². The Labute approximate surface area is 116 Å². The second-order valence-electron chi connectivity index (χ2n) is 5.99. The standard InChI is InChI=1S/C14H28N2O3/c1-4-12-10-19-9-8-16(12)13(18)15-7-5-6-14(2,3)11-17/h12,17H,4-11H2,1-3H3,(H,15,18)/t12-/m1/s1. The van der Waals surface area contributed by atoms with Crippen molar-refractivity contribution in [1.29, 1.82) is 0 Å². The zero-order valence-corrected chi connectivity index (χ0v) is 12.4. The summed E-state index contributed by atoms with van der Waals surface area (Å²) >= 11 is 0. The number of ether oxygens (including phenoxy) is 1. The van der Waals surface area contributed by atoms with Gasteiger partial charge in [-0.05, 0) is 24.7 Å². The lowest BCUT2D eigenvalue weighted by atomic mass is 9.89. The molecule has 0 aromatic carbocycles. The van der Waals surface area contributed by atoms with Gasteiger partial charge in [-0.3, -0.25) is 0 Å². The Bertz CT molecular complexity index is 282. The number of hydrogen-bond donors (Lipinski definition) is 2. The van der Waals surface area contributed by atoms with Gasteiger partial charge in [0.05, 0.1) is 19.3 Å². The van der Waals surface area contributed by atoms with Gasteiger partial charge in [-0.25, -0.2) is 4.79 Å². The Morgan fingerprint density at radius 2 is 2.26 bits per heavy atom. The average molecular weight is 272 g/mol. The van der Waals surface area contributed by atoms with Crippen molar-refractivity contribution in [3.8, 4) is 0 Å². The summed E-state index contributed by atoms with van der Waals surface area (Å²) in [6.45, 7) is 8.92. The van der Waals surface area contributed by atoms with Crippen LogP contribution in [0.2, 0.25) is 0 Å². The molecule has 0 saturated carbocycles. The van der Waals surface area contributed by atoms with Crippen molar-refractivity contribution < 1.29 is 14.6 Å². The topological polar surface area (TPSA) is 61.8 Å². The van der Waals surface area contributed by atoms with Crippen molar-refractivity contribution in [2.45, 2.75) is 46.1 Å². The molecule has 1 heterocycles. The van der Waals surface area contributed by atoms with Crippen molar-refractivity contribution in [3.05, 3.63) is 0 Å².